The number of thioether (sulfide) groups is 1. The summed E-state index contributed by atoms with van der Waals surface area (Å²) in [7, 11) is 0. The zero-order chi connectivity index (χ0) is 15.8. The number of benzene rings is 1. The van der Waals surface area contributed by atoms with E-state index >= 15 is 0 Å². The van der Waals surface area contributed by atoms with Crippen LogP contribution in [0.25, 0.3) is 10.9 Å². The first-order valence-electron chi connectivity index (χ1n) is 7.37. The van der Waals surface area contributed by atoms with Gasteiger partial charge in [0.15, 0.2) is 0 Å². The Morgan fingerprint density at radius 3 is 3.00 bits per heavy atom. The summed E-state index contributed by atoms with van der Waals surface area (Å²) in [4.78, 5) is 20.2. The summed E-state index contributed by atoms with van der Waals surface area (Å²) in [5, 5.41) is 6.19. The highest BCUT2D eigenvalue weighted by Gasteiger charge is 2.25. The second-order valence-corrected chi connectivity index (χ2v) is 6.49. The fraction of sp³-hybridized carbons (Fsp3) is 0.111. The van der Waals surface area contributed by atoms with E-state index in [1.54, 1.807) is 24.2 Å². The number of aryl methyl sites for hydroxylation is 1. The average Bonchev–Trinajstić information content (AvgIpc) is 3.23. The number of para-hydroxylation sites is 1. The molecule has 1 atom stereocenters. The number of hydrogen-bond donors (Lipinski definition) is 2. The van der Waals surface area contributed by atoms with Gasteiger partial charge >= 0.3 is 0 Å². The lowest BCUT2D eigenvalue weighted by atomic mass is 10.1. The molecule has 0 aliphatic carbocycles. The summed E-state index contributed by atoms with van der Waals surface area (Å²) in [6.45, 7) is 2.04. The van der Waals surface area contributed by atoms with E-state index in [1.165, 1.54) is 0 Å². The Labute approximate surface area is 138 Å². The normalized spacial score (nSPS) is 17.1. The second kappa shape index (κ2) is 5.59. The molecule has 4 rings (SSSR count). The molecule has 0 saturated heterocycles. The molecule has 0 spiro atoms. The number of carbonyl (C=O) groups is 1. The number of allylic oxidation sites excluding steroid dienone is 1. The molecule has 0 radical (unpaired) electrons. The predicted molar refractivity (Wildman–Crippen MR) is 93.2 cm³/mol. The average molecular weight is 321 g/mol. The van der Waals surface area contributed by atoms with Crippen LogP contribution in [0.5, 0.6) is 0 Å². The van der Waals surface area contributed by atoms with Crippen molar-refractivity contribution < 1.29 is 4.79 Å². The lowest BCUT2D eigenvalue weighted by molar-refractivity contribution is 0.102. The fourth-order valence-corrected chi connectivity index (χ4v) is 3.74. The molecule has 3 heterocycles. The van der Waals surface area contributed by atoms with E-state index in [0.717, 1.165) is 22.0 Å². The number of pyridine rings is 1. The van der Waals surface area contributed by atoms with Crippen LogP contribution in [0.3, 0.4) is 0 Å². The highest BCUT2D eigenvalue weighted by Crippen LogP contribution is 2.35. The number of aromatic amines is 1. The molecule has 23 heavy (non-hydrogen) atoms. The van der Waals surface area contributed by atoms with Crippen molar-refractivity contribution in [1.29, 1.82) is 0 Å². The quantitative estimate of drug-likeness (QED) is 0.718. The van der Waals surface area contributed by atoms with Crippen LogP contribution in [0, 0.1) is 6.92 Å². The second-order valence-electron chi connectivity index (χ2n) is 5.51. The van der Waals surface area contributed by atoms with Gasteiger partial charge in [-0.1, -0.05) is 24.3 Å². The SMILES string of the molecule is Cc1cccc2c(C(=O)C3=CSC(c4cccnc4)N3)c[nH]c12. The summed E-state index contributed by atoms with van der Waals surface area (Å²) in [5.41, 5.74) is 4.55. The third-order valence-electron chi connectivity index (χ3n) is 4.01. The summed E-state index contributed by atoms with van der Waals surface area (Å²) >= 11 is 1.59. The van der Waals surface area contributed by atoms with Gasteiger partial charge in [0.1, 0.15) is 5.37 Å². The van der Waals surface area contributed by atoms with E-state index < -0.39 is 0 Å². The lowest BCUT2D eigenvalue weighted by Crippen LogP contribution is -2.19. The minimum absolute atomic E-state index is 0.0146. The van der Waals surface area contributed by atoms with Crippen molar-refractivity contribution in [2.24, 2.45) is 0 Å². The summed E-state index contributed by atoms with van der Waals surface area (Å²) < 4.78 is 0. The van der Waals surface area contributed by atoms with Gasteiger partial charge in [0.2, 0.25) is 5.78 Å². The van der Waals surface area contributed by atoms with Crippen molar-refractivity contribution in [3.05, 3.63) is 76.7 Å². The molecule has 0 saturated carbocycles. The van der Waals surface area contributed by atoms with Gasteiger partial charge in [0.05, 0.1) is 5.70 Å². The van der Waals surface area contributed by atoms with Crippen LogP contribution in [0.2, 0.25) is 0 Å². The number of fused-ring (bicyclic) bond motifs is 1. The van der Waals surface area contributed by atoms with Crippen LogP contribution >= 0.6 is 11.8 Å². The number of aromatic nitrogens is 2. The minimum Gasteiger partial charge on any atom is -0.366 e. The molecular weight excluding hydrogens is 306 g/mol. The summed E-state index contributed by atoms with van der Waals surface area (Å²) in [6, 6.07) is 9.90. The monoisotopic (exact) mass is 321 g/mol. The van der Waals surface area contributed by atoms with Crippen molar-refractivity contribution >= 4 is 28.4 Å². The summed E-state index contributed by atoms with van der Waals surface area (Å²) in [5.74, 6) is 0.0146. The van der Waals surface area contributed by atoms with Gasteiger partial charge in [-0.3, -0.25) is 9.78 Å². The molecule has 3 aromatic rings. The van der Waals surface area contributed by atoms with Crippen molar-refractivity contribution in [3.8, 4) is 0 Å². The number of rotatable bonds is 3. The zero-order valence-corrected chi connectivity index (χ0v) is 13.4. The van der Waals surface area contributed by atoms with Crippen LogP contribution in [0.4, 0.5) is 0 Å². The van der Waals surface area contributed by atoms with E-state index in [9.17, 15) is 4.79 Å². The summed E-state index contributed by atoms with van der Waals surface area (Å²) in [6.07, 6.45) is 5.36. The Bertz CT molecular complexity index is 914. The largest absolute Gasteiger partial charge is 0.366 e. The van der Waals surface area contributed by atoms with Crippen molar-refractivity contribution in [3.63, 3.8) is 0 Å². The third-order valence-corrected chi connectivity index (χ3v) is 5.04. The number of ketones is 1. The van der Waals surface area contributed by atoms with Gasteiger partial charge in [-0.05, 0) is 18.6 Å². The number of H-pyrrole nitrogens is 1. The molecular formula is C18H15N3OS. The van der Waals surface area contributed by atoms with E-state index in [0.29, 0.717) is 11.3 Å². The molecule has 1 aliphatic heterocycles. The number of Topliss-reactive ketones (excluding diaryl/α,β-unsaturated/α-hetero) is 1. The van der Waals surface area contributed by atoms with Crippen LogP contribution in [-0.2, 0) is 0 Å². The van der Waals surface area contributed by atoms with Crippen molar-refractivity contribution in [2.75, 3.05) is 0 Å². The molecule has 1 unspecified atom stereocenters. The molecule has 114 valence electrons. The first-order chi connectivity index (χ1) is 11.2. The Morgan fingerprint density at radius 2 is 2.17 bits per heavy atom. The Morgan fingerprint density at radius 1 is 1.26 bits per heavy atom. The van der Waals surface area contributed by atoms with E-state index in [4.69, 9.17) is 0 Å². The predicted octanol–water partition coefficient (Wildman–Crippen LogP) is 3.93. The van der Waals surface area contributed by atoms with Crippen LogP contribution in [0.1, 0.15) is 26.9 Å². The first kappa shape index (κ1) is 14.1. The number of nitrogens with zero attached hydrogens (tertiary/aromatic N) is 1. The van der Waals surface area contributed by atoms with E-state index in [-0.39, 0.29) is 11.2 Å². The molecule has 1 aliphatic rings. The molecule has 2 aromatic heterocycles. The molecule has 5 heteroatoms. The fourth-order valence-electron chi connectivity index (χ4n) is 2.80. The Hall–Kier alpha value is -2.53. The molecule has 0 amide bonds. The minimum atomic E-state index is 0.0146. The maximum atomic E-state index is 12.8. The van der Waals surface area contributed by atoms with E-state index in [2.05, 4.69) is 15.3 Å². The number of carbonyl (C=O) groups excluding carboxylic acids is 1. The number of hydrogen-bond acceptors (Lipinski definition) is 4. The van der Waals surface area contributed by atoms with Gasteiger partial charge in [-0.15, -0.1) is 11.8 Å². The number of nitrogens with one attached hydrogen (secondary N) is 2. The highest BCUT2D eigenvalue weighted by atomic mass is 32.2. The molecule has 0 bridgehead atoms. The standard InChI is InChI=1S/C18H15N3OS/c1-11-4-2-6-13-14(9-20-16(11)13)17(22)15-10-23-18(21-15)12-5-3-7-19-8-12/h2-10,18,20-21H,1H3. The highest BCUT2D eigenvalue weighted by molar-refractivity contribution is 8.02. The third kappa shape index (κ3) is 2.43. The van der Waals surface area contributed by atoms with Gasteiger partial charge < -0.3 is 10.3 Å². The lowest BCUT2D eigenvalue weighted by Gasteiger charge is -2.12. The van der Waals surface area contributed by atoms with Crippen molar-refractivity contribution in [1.82, 2.24) is 15.3 Å². The van der Waals surface area contributed by atoms with Crippen LogP contribution < -0.4 is 5.32 Å². The molecule has 0 fully saturated rings. The molecule has 4 nitrogen and oxygen atoms in total. The molecule has 1 aromatic carbocycles. The Balaban J connectivity index is 1.61. The first-order valence-corrected chi connectivity index (χ1v) is 8.32. The topological polar surface area (TPSA) is 57.8 Å². The maximum absolute atomic E-state index is 12.8. The van der Waals surface area contributed by atoms with Crippen molar-refractivity contribution in [2.45, 2.75) is 12.3 Å². The zero-order valence-electron chi connectivity index (χ0n) is 12.5. The van der Waals surface area contributed by atoms with Gasteiger partial charge in [-0.2, -0.15) is 0 Å². The van der Waals surface area contributed by atoms with Gasteiger partial charge in [0, 0.05) is 46.0 Å². The molecule has 2 N–H and O–H groups in total. The maximum Gasteiger partial charge on any atom is 0.211 e. The van der Waals surface area contributed by atoms with Crippen LogP contribution in [0.15, 0.2) is 60.0 Å². The van der Waals surface area contributed by atoms with Gasteiger partial charge in [-0.25, -0.2) is 0 Å². The van der Waals surface area contributed by atoms with E-state index in [1.807, 2.05) is 48.9 Å². The van der Waals surface area contributed by atoms with Crippen LogP contribution in [-0.4, -0.2) is 15.8 Å². The van der Waals surface area contributed by atoms with Gasteiger partial charge in [0.25, 0.3) is 0 Å². The smallest absolute Gasteiger partial charge is 0.211 e. The Kier molecular flexibility index (Phi) is 3.42.